The van der Waals surface area contributed by atoms with Gasteiger partial charge in [0.2, 0.25) is 5.91 Å². The topological polar surface area (TPSA) is 80.4 Å². The van der Waals surface area contributed by atoms with Crippen molar-refractivity contribution >= 4 is 23.6 Å². The van der Waals surface area contributed by atoms with Crippen molar-refractivity contribution in [2.24, 2.45) is 5.73 Å². The van der Waals surface area contributed by atoms with Crippen LogP contribution in [0.3, 0.4) is 0 Å². The van der Waals surface area contributed by atoms with Crippen LogP contribution < -0.4 is 5.73 Å². The van der Waals surface area contributed by atoms with Crippen molar-refractivity contribution < 1.29 is 14.7 Å². The van der Waals surface area contributed by atoms with E-state index in [1.807, 2.05) is 6.08 Å². The predicted octanol–water partition coefficient (Wildman–Crippen LogP) is 4.92. The molecule has 0 heterocycles. The number of hydrogen-bond donors (Lipinski definition) is 2. The molecule has 1 amide bonds. The maximum absolute atomic E-state index is 11.1. The van der Waals surface area contributed by atoms with Crippen LogP contribution in [-0.2, 0) is 9.59 Å². The van der Waals surface area contributed by atoms with Crippen molar-refractivity contribution in [1.82, 2.24) is 0 Å². The van der Waals surface area contributed by atoms with Gasteiger partial charge < -0.3 is 10.8 Å². The average molecular weight is 358 g/mol. The van der Waals surface area contributed by atoms with Gasteiger partial charge >= 0.3 is 5.97 Å². The summed E-state index contributed by atoms with van der Waals surface area (Å²) in [7, 11) is 0. The molecule has 0 aliphatic carbocycles. The van der Waals surface area contributed by atoms with Crippen molar-refractivity contribution in [3.05, 3.63) is 12.2 Å². The fraction of sp³-hybridized carbons (Fsp3) is 0.789. The summed E-state index contributed by atoms with van der Waals surface area (Å²) in [6.45, 7) is 2.24. The Kier molecular flexibility index (Phi) is 16.2. The average Bonchev–Trinajstić information content (AvgIpc) is 2.53. The van der Waals surface area contributed by atoms with Crippen molar-refractivity contribution in [2.75, 3.05) is 5.75 Å². The van der Waals surface area contributed by atoms with Crippen LogP contribution in [0, 0.1) is 0 Å². The zero-order chi connectivity index (χ0) is 18.0. The molecule has 140 valence electrons. The lowest BCUT2D eigenvalue weighted by molar-refractivity contribution is -0.135. The Morgan fingerprint density at radius 2 is 1.54 bits per heavy atom. The van der Waals surface area contributed by atoms with Crippen LogP contribution in [0.2, 0.25) is 0 Å². The molecule has 0 aromatic rings. The van der Waals surface area contributed by atoms with E-state index in [-0.39, 0.29) is 12.3 Å². The minimum absolute atomic E-state index is 0.223. The lowest BCUT2D eigenvalue weighted by Gasteiger charge is -2.06. The highest BCUT2D eigenvalue weighted by atomic mass is 32.2. The number of nitrogens with two attached hydrogens (primary N) is 1. The lowest BCUT2D eigenvalue weighted by Crippen LogP contribution is -2.16. The molecule has 0 fully saturated rings. The molecule has 0 bridgehead atoms. The number of carbonyl (C=O) groups excluding carboxylic acids is 1. The standard InChI is InChI=1S/C19H35NO3S/c1-2-3-4-5-6-7-8-9-10-11-12-13-14-17(19(22)23)24-16-15-18(20)21/h13-14,17H,2-12,15-16H2,1H3,(H2,20,21)(H,22,23). The molecule has 5 heteroatoms. The molecular weight excluding hydrogens is 322 g/mol. The molecule has 1 atom stereocenters. The van der Waals surface area contributed by atoms with E-state index >= 15 is 0 Å². The summed E-state index contributed by atoms with van der Waals surface area (Å²) >= 11 is 1.25. The van der Waals surface area contributed by atoms with E-state index in [4.69, 9.17) is 10.8 Å². The number of thioether (sulfide) groups is 1. The van der Waals surface area contributed by atoms with E-state index in [9.17, 15) is 9.59 Å². The zero-order valence-electron chi connectivity index (χ0n) is 15.2. The van der Waals surface area contributed by atoms with Crippen LogP contribution >= 0.6 is 11.8 Å². The summed E-state index contributed by atoms with van der Waals surface area (Å²) in [6.07, 6.45) is 17.9. The van der Waals surface area contributed by atoms with Gasteiger partial charge in [0.25, 0.3) is 0 Å². The van der Waals surface area contributed by atoms with Crippen LogP contribution in [-0.4, -0.2) is 28.0 Å². The number of rotatable bonds is 17. The second-order valence-corrected chi connectivity index (χ2v) is 7.49. The maximum atomic E-state index is 11.1. The van der Waals surface area contributed by atoms with Crippen LogP contribution in [0.4, 0.5) is 0 Å². The fourth-order valence-corrected chi connectivity index (χ4v) is 3.40. The molecule has 0 rings (SSSR count). The van der Waals surface area contributed by atoms with Crippen molar-refractivity contribution in [2.45, 2.75) is 89.2 Å². The number of carbonyl (C=O) groups is 2. The molecular formula is C19H35NO3S. The van der Waals surface area contributed by atoms with Crippen molar-refractivity contribution in [3.63, 3.8) is 0 Å². The number of amides is 1. The number of primary amides is 1. The van der Waals surface area contributed by atoms with E-state index in [1.165, 1.54) is 69.5 Å². The van der Waals surface area contributed by atoms with Gasteiger partial charge in [0.15, 0.2) is 0 Å². The normalized spacial score (nSPS) is 12.5. The molecule has 0 aliphatic rings. The molecule has 0 saturated heterocycles. The van der Waals surface area contributed by atoms with Crippen molar-refractivity contribution in [1.29, 1.82) is 0 Å². The third kappa shape index (κ3) is 15.9. The molecule has 0 radical (unpaired) electrons. The Balaban J connectivity index is 3.56. The zero-order valence-corrected chi connectivity index (χ0v) is 16.0. The van der Waals surface area contributed by atoms with Gasteiger partial charge in [0, 0.05) is 12.2 Å². The Labute approximate surface area is 151 Å². The van der Waals surface area contributed by atoms with E-state index in [0.29, 0.717) is 5.75 Å². The SMILES string of the molecule is CCCCCCCCCCCCC=CC(SCCC(N)=O)C(=O)O. The highest BCUT2D eigenvalue weighted by Crippen LogP contribution is 2.15. The first-order chi connectivity index (χ1) is 11.6. The van der Waals surface area contributed by atoms with Gasteiger partial charge in [-0.25, -0.2) is 0 Å². The number of aliphatic carboxylic acids is 1. The molecule has 0 aliphatic heterocycles. The summed E-state index contributed by atoms with van der Waals surface area (Å²) in [6, 6.07) is 0. The Bertz CT molecular complexity index is 359. The van der Waals surface area contributed by atoms with Gasteiger partial charge in [-0.1, -0.05) is 76.9 Å². The summed E-state index contributed by atoms with van der Waals surface area (Å²) in [4.78, 5) is 21.8. The van der Waals surface area contributed by atoms with Crippen LogP contribution in [0.5, 0.6) is 0 Å². The largest absolute Gasteiger partial charge is 0.480 e. The fourth-order valence-electron chi connectivity index (χ4n) is 2.47. The summed E-state index contributed by atoms with van der Waals surface area (Å²) in [5.74, 6) is -0.792. The molecule has 0 saturated carbocycles. The highest BCUT2D eigenvalue weighted by molar-refractivity contribution is 8.00. The summed E-state index contributed by atoms with van der Waals surface area (Å²) in [5, 5.41) is 8.55. The van der Waals surface area contributed by atoms with Gasteiger partial charge in [-0.05, 0) is 12.8 Å². The number of allylic oxidation sites excluding steroid dienone is 1. The lowest BCUT2D eigenvalue weighted by atomic mass is 10.1. The first-order valence-electron chi connectivity index (χ1n) is 9.37. The molecule has 0 spiro atoms. The Hall–Kier alpha value is -0.970. The number of carboxylic acid groups (broad SMARTS) is 1. The van der Waals surface area contributed by atoms with Gasteiger partial charge in [0.05, 0.1) is 0 Å². The third-order valence-electron chi connectivity index (χ3n) is 3.92. The Morgan fingerprint density at radius 3 is 2.04 bits per heavy atom. The number of hydrogen-bond acceptors (Lipinski definition) is 3. The van der Waals surface area contributed by atoms with Gasteiger partial charge in [0.1, 0.15) is 5.25 Å². The summed E-state index contributed by atoms with van der Waals surface area (Å²) in [5.41, 5.74) is 5.06. The molecule has 0 aromatic heterocycles. The van der Waals surface area contributed by atoms with Crippen LogP contribution in [0.15, 0.2) is 12.2 Å². The molecule has 24 heavy (non-hydrogen) atoms. The smallest absolute Gasteiger partial charge is 0.320 e. The number of carboxylic acids is 1. The monoisotopic (exact) mass is 357 g/mol. The second-order valence-electron chi connectivity index (χ2n) is 6.24. The van der Waals surface area contributed by atoms with E-state index in [1.54, 1.807) is 6.08 Å². The highest BCUT2D eigenvalue weighted by Gasteiger charge is 2.14. The Morgan fingerprint density at radius 1 is 1.00 bits per heavy atom. The minimum atomic E-state index is -0.858. The molecule has 1 unspecified atom stereocenters. The molecule has 3 N–H and O–H groups in total. The molecule has 0 aromatic carbocycles. The second kappa shape index (κ2) is 16.9. The summed E-state index contributed by atoms with van der Waals surface area (Å²) < 4.78 is 0. The van der Waals surface area contributed by atoms with E-state index in [0.717, 1.165) is 12.8 Å². The predicted molar refractivity (Wildman–Crippen MR) is 103 cm³/mol. The van der Waals surface area contributed by atoms with Crippen LogP contribution in [0.25, 0.3) is 0 Å². The van der Waals surface area contributed by atoms with Gasteiger partial charge in [-0.3, -0.25) is 9.59 Å². The van der Waals surface area contributed by atoms with Gasteiger partial charge in [-0.15, -0.1) is 11.8 Å². The third-order valence-corrected chi connectivity index (χ3v) is 5.08. The first kappa shape index (κ1) is 23.0. The number of unbranched alkanes of at least 4 members (excludes halogenated alkanes) is 10. The van der Waals surface area contributed by atoms with E-state index < -0.39 is 11.2 Å². The van der Waals surface area contributed by atoms with E-state index in [2.05, 4.69) is 6.92 Å². The van der Waals surface area contributed by atoms with Crippen molar-refractivity contribution in [3.8, 4) is 0 Å². The molecule has 4 nitrogen and oxygen atoms in total. The minimum Gasteiger partial charge on any atom is -0.480 e. The maximum Gasteiger partial charge on any atom is 0.320 e. The first-order valence-corrected chi connectivity index (χ1v) is 10.4. The van der Waals surface area contributed by atoms with Gasteiger partial charge in [-0.2, -0.15) is 0 Å². The quantitative estimate of drug-likeness (QED) is 0.286. The van der Waals surface area contributed by atoms with Crippen LogP contribution in [0.1, 0.15) is 84.0 Å².